The predicted octanol–water partition coefficient (Wildman–Crippen LogP) is 5.76. The molecule has 3 heterocycles. The summed E-state index contributed by atoms with van der Waals surface area (Å²) in [5, 5.41) is 5.49. The average Bonchev–Trinajstić information content (AvgIpc) is 3.25. The molecule has 0 spiro atoms. The Kier molecular flexibility index (Phi) is 4.47. The Morgan fingerprint density at radius 1 is 1.23 bits per heavy atom. The lowest BCUT2D eigenvalue weighted by Crippen LogP contribution is -2.12. The van der Waals surface area contributed by atoms with Crippen LogP contribution in [0.5, 0.6) is 0 Å². The Hall–Kier alpha value is -2.29. The number of rotatable bonds is 3. The topological polar surface area (TPSA) is 68.0 Å². The van der Waals surface area contributed by atoms with E-state index in [1.165, 1.54) is 29.5 Å². The number of nitrogen functional groups attached to an aromatic ring is 1. The van der Waals surface area contributed by atoms with Crippen molar-refractivity contribution in [2.75, 3.05) is 11.1 Å². The van der Waals surface area contributed by atoms with E-state index in [0.717, 1.165) is 16.0 Å². The number of nitrogens with two attached hydrogens (primary N) is 1. The summed E-state index contributed by atoms with van der Waals surface area (Å²) in [5.41, 5.74) is 7.88. The molecule has 4 nitrogen and oxygen atoms in total. The van der Waals surface area contributed by atoms with Crippen molar-refractivity contribution in [3.05, 3.63) is 63.0 Å². The summed E-state index contributed by atoms with van der Waals surface area (Å²) in [7, 11) is 0. The smallest absolute Gasteiger partial charge is 0.267 e. The normalized spacial score (nSPS) is 11.0. The lowest BCUT2D eigenvalue weighted by atomic mass is 10.2. The van der Waals surface area contributed by atoms with E-state index < -0.39 is 0 Å². The second kappa shape index (κ2) is 6.79. The highest BCUT2D eigenvalue weighted by atomic mass is 79.9. The Morgan fingerprint density at radius 3 is 2.81 bits per heavy atom. The average molecular weight is 448 g/mol. The van der Waals surface area contributed by atoms with Crippen molar-refractivity contribution in [2.45, 2.75) is 0 Å². The molecule has 130 valence electrons. The van der Waals surface area contributed by atoms with Gasteiger partial charge in [0.05, 0.1) is 21.9 Å². The minimum Gasteiger partial charge on any atom is -0.397 e. The second-order valence-corrected chi connectivity index (χ2v) is 8.25. The summed E-state index contributed by atoms with van der Waals surface area (Å²) >= 11 is 6.08. The number of benzene rings is 1. The van der Waals surface area contributed by atoms with Crippen molar-refractivity contribution in [3.8, 4) is 10.6 Å². The second-order valence-electron chi connectivity index (χ2n) is 5.45. The van der Waals surface area contributed by atoms with Gasteiger partial charge in [0.1, 0.15) is 15.5 Å². The van der Waals surface area contributed by atoms with E-state index in [0.29, 0.717) is 25.6 Å². The summed E-state index contributed by atoms with van der Waals surface area (Å²) in [4.78, 5) is 19.4. The Balaban J connectivity index is 1.69. The zero-order valence-electron chi connectivity index (χ0n) is 13.1. The fourth-order valence-corrected chi connectivity index (χ4v) is 4.63. The fraction of sp³-hybridized carbons (Fsp3) is 0. The molecule has 0 unspecified atom stereocenters. The first-order valence-electron chi connectivity index (χ1n) is 7.52. The third-order valence-electron chi connectivity index (χ3n) is 3.75. The van der Waals surface area contributed by atoms with Crippen molar-refractivity contribution < 1.29 is 9.18 Å². The standard InChI is InChI=1S/C18H11BrFN3OS2/c19-11-8-9(20)3-5-12(11)22-17(24)16-15(21)10-4-6-13(23-18(10)26-16)14-2-1-7-25-14/h1-8H,21H2,(H,22,24). The zero-order chi connectivity index (χ0) is 18.3. The number of aromatic nitrogens is 1. The third-order valence-corrected chi connectivity index (χ3v) is 6.42. The largest absolute Gasteiger partial charge is 0.397 e. The van der Waals surface area contributed by atoms with Gasteiger partial charge >= 0.3 is 0 Å². The van der Waals surface area contributed by atoms with Crippen LogP contribution >= 0.6 is 38.6 Å². The van der Waals surface area contributed by atoms with Gasteiger partial charge in [0.15, 0.2) is 0 Å². The molecule has 8 heteroatoms. The minimum atomic E-state index is -0.387. The lowest BCUT2D eigenvalue weighted by molar-refractivity contribution is 0.103. The number of hydrogen-bond acceptors (Lipinski definition) is 5. The first-order chi connectivity index (χ1) is 12.5. The highest BCUT2D eigenvalue weighted by molar-refractivity contribution is 9.10. The van der Waals surface area contributed by atoms with E-state index in [2.05, 4.69) is 26.2 Å². The number of carbonyl (C=O) groups is 1. The summed E-state index contributed by atoms with van der Waals surface area (Å²) in [6.07, 6.45) is 0. The van der Waals surface area contributed by atoms with Gasteiger partial charge in [-0.1, -0.05) is 6.07 Å². The Bertz CT molecular complexity index is 1130. The molecule has 26 heavy (non-hydrogen) atoms. The number of fused-ring (bicyclic) bond motifs is 1. The molecule has 0 fully saturated rings. The molecule has 3 aromatic heterocycles. The fourth-order valence-electron chi connectivity index (χ4n) is 2.50. The molecule has 4 aromatic rings. The van der Waals surface area contributed by atoms with E-state index in [9.17, 15) is 9.18 Å². The molecular formula is C18H11BrFN3OS2. The van der Waals surface area contributed by atoms with Crippen molar-refractivity contribution in [1.29, 1.82) is 0 Å². The number of nitrogens with one attached hydrogen (secondary N) is 1. The van der Waals surface area contributed by atoms with Crippen LogP contribution in [0, 0.1) is 5.82 Å². The first-order valence-corrected chi connectivity index (χ1v) is 10.0. The monoisotopic (exact) mass is 447 g/mol. The maximum Gasteiger partial charge on any atom is 0.267 e. The maximum atomic E-state index is 13.2. The maximum absolute atomic E-state index is 13.2. The first kappa shape index (κ1) is 17.1. The highest BCUT2D eigenvalue weighted by Gasteiger charge is 2.19. The van der Waals surface area contributed by atoms with Gasteiger partial charge in [-0.05, 0) is 57.7 Å². The molecule has 0 aliphatic rings. The van der Waals surface area contributed by atoms with E-state index in [1.807, 2.05) is 29.6 Å². The van der Waals surface area contributed by atoms with Crippen LogP contribution in [0.25, 0.3) is 20.8 Å². The van der Waals surface area contributed by atoms with Gasteiger partial charge in [-0.2, -0.15) is 0 Å². The van der Waals surface area contributed by atoms with Gasteiger partial charge in [0.2, 0.25) is 0 Å². The number of halogens is 2. The Morgan fingerprint density at radius 2 is 2.08 bits per heavy atom. The van der Waals surface area contributed by atoms with Crippen LogP contribution in [0.1, 0.15) is 9.67 Å². The van der Waals surface area contributed by atoms with E-state index in [-0.39, 0.29) is 11.7 Å². The molecule has 0 aliphatic carbocycles. The number of thiophene rings is 2. The van der Waals surface area contributed by atoms with Crippen molar-refractivity contribution in [1.82, 2.24) is 4.98 Å². The summed E-state index contributed by atoms with van der Waals surface area (Å²) in [6.45, 7) is 0. The number of hydrogen-bond donors (Lipinski definition) is 2. The van der Waals surface area contributed by atoms with Gasteiger partial charge in [0.25, 0.3) is 5.91 Å². The van der Waals surface area contributed by atoms with Crippen LogP contribution in [0.4, 0.5) is 15.8 Å². The summed E-state index contributed by atoms with van der Waals surface area (Å²) < 4.78 is 13.7. The van der Waals surface area contributed by atoms with E-state index in [4.69, 9.17) is 5.73 Å². The minimum absolute atomic E-state index is 0.351. The van der Waals surface area contributed by atoms with Crippen molar-refractivity contribution in [2.24, 2.45) is 0 Å². The Labute approximate surface area is 164 Å². The van der Waals surface area contributed by atoms with Crippen LogP contribution in [-0.2, 0) is 0 Å². The third kappa shape index (κ3) is 3.11. The molecule has 0 bridgehead atoms. The van der Waals surface area contributed by atoms with Crippen LogP contribution in [-0.4, -0.2) is 10.9 Å². The molecule has 0 aliphatic heterocycles. The van der Waals surface area contributed by atoms with Gasteiger partial charge in [-0.15, -0.1) is 22.7 Å². The number of pyridine rings is 1. The van der Waals surface area contributed by atoms with Crippen LogP contribution in [0.3, 0.4) is 0 Å². The molecule has 0 atom stereocenters. The highest BCUT2D eigenvalue weighted by Crippen LogP contribution is 2.35. The van der Waals surface area contributed by atoms with Gasteiger partial charge in [-0.3, -0.25) is 4.79 Å². The summed E-state index contributed by atoms with van der Waals surface area (Å²) in [5.74, 6) is -0.739. The summed E-state index contributed by atoms with van der Waals surface area (Å²) in [6, 6.07) is 11.8. The van der Waals surface area contributed by atoms with Crippen LogP contribution in [0.2, 0.25) is 0 Å². The molecule has 0 saturated heterocycles. The van der Waals surface area contributed by atoms with Crippen molar-refractivity contribution >= 4 is 66.1 Å². The molecule has 4 rings (SSSR count). The quantitative estimate of drug-likeness (QED) is 0.419. The predicted molar refractivity (Wildman–Crippen MR) is 109 cm³/mol. The zero-order valence-corrected chi connectivity index (χ0v) is 16.3. The van der Waals surface area contributed by atoms with E-state index >= 15 is 0 Å². The molecular weight excluding hydrogens is 437 g/mol. The number of amides is 1. The molecule has 0 saturated carbocycles. The van der Waals surface area contributed by atoms with Crippen molar-refractivity contribution in [3.63, 3.8) is 0 Å². The SMILES string of the molecule is Nc1c(C(=O)Nc2ccc(F)cc2Br)sc2nc(-c3cccs3)ccc12. The van der Waals surface area contributed by atoms with Gasteiger partial charge in [-0.25, -0.2) is 9.37 Å². The number of anilines is 2. The van der Waals surface area contributed by atoms with E-state index in [1.54, 1.807) is 11.3 Å². The lowest BCUT2D eigenvalue weighted by Gasteiger charge is -2.06. The van der Waals surface area contributed by atoms with Gasteiger partial charge in [0, 0.05) is 9.86 Å². The van der Waals surface area contributed by atoms with Gasteiger partial charge < -0.3 is 11.1 Å². The van der Waals surface area contributed by atoms with Crippen LogP contribution in [0.15, 0.2) is 52.3 Å². The van der Waals surface area contributed by atoms with Crippen LogP contribution < -0.4 is 11.1 Å². The number of nitrogens with zero attached hydrogens (tertiary/aromatic N) is 1. The molecule has 3 N–H and O–H groups in total. The molecule has 1 amide bonds. The molecule has 1 aromatic carbocycles. The number of carbonyl (C=O) groups excluding carboxylic acids is 1. The molecule has 0 radical (unpaired) electrons.